The minimum atomic E-state index is -0.963. The second-order valence-corrected chi connectivity index (χ2v) is 10.4. The smallest absolute Gasteiger partial charge is 0.335 e. The van der Waals surface area contributed by atoms with Gasteiger partial charge < -0.3 is 15.3 Å². The van der Waals surface area contributed by atoms with Crippen LogP contribution in [0.15, 0.2) is 60.7 Å². The van der Waals surface area contributed by atoms with Crippen molar-refractivity contribution >= 4 is 23.7 Å². The quantitative estimate of drug-likeness (QED) is 0.148. The fourth-order valence-electron chi connectivity index (χ4n) is 4.02. The van der Waals surface area contributed by atoms with Gasteiger partial charge in [0.05, 0.1) is 11.7 Å². The first kappa shape index (κ1) is 29.7. The van der Waals surface area contributed by atoms with E-state index in [9.17, 15) is 19.8 Å². The number of aromatic carboxylic acids is 1. The Labute approximate surface area is 219 Å². The van der Waals surface area contributed by atoms with Gasteiger partial charge >= 0.3 is 11.9 Å². The lowest BCUT2D eigenvalue weighted by Crippen LogP contribution is -2.21. The number of rotatable bonds is 18. The number of hydrogen-bond donors (Lipinski definition) is 3. The third-order valence-electron chi connectivity index (χ3n) is 6.16. The molecule has 0 saturated carbocycles. The average Bonchev–Trinajstić information content (AvgIpc) is 2.86. The highest BCUT2D eigenvalue weighted by Gasteiger charge is 2.18. The van der Waals surface area contributed by atoms with Gasteiger partial charge in [-0.15, -0.1) is 11.8 Å². The molecule has 0 heterocycles. The SMILES string of the molecule is CCCCCCCc1ccc(C/C=C\[C@@H](SCc2cccc(C(=O)O)c2)[C@@H](O)CCCC(=O)O)cc1. The Balaban J connectivity index is 1.94. The van der Waals surface area contributed by atoms with E-state index in [4.69, 9.17) is 5.11 Å². The summed E-state index contributed by atoms with van der Waals surface area (Å²) in [5.74, 6) is -1.27. The molecule has 0 radical (unpaired) electrons. The minimum Gasteiger partial charge on any atom is -0.481 e. The molecule has 0 aromatic heterocycles. The second-order valence-electron chi connectivity index (χ2n) is 9.25. The van der Waals surface area contributed by atoms with Crippen LogP contribution in [0.25, 0.3) is 0 Å². The largest absolute Gasteiger partial charge is 0.481 e. The van der Waals surface area contributed by atoms with E-state index in [1.54, 1.807) is 18.2 Å². The molecule has 0 saturated heterocycles. The van der Waals surface area contributed by atoms with Crippen LogP contribution in [0.4, 0.5) is 0 Å². The second kappa shape index (κ2) is 17.0. The molecule has 6 heteroatoms. The van der Waals surface area contributed by atoms with Crippen molar-refractivity contribution in [2.45, 2.75) is 88.2 Å². The number of hydrogen-bond acceptors (Lipinski definition) is 4. The van der Waals surface area contributed by atoms with Gasteiger partial charge in [0.1, 0.15) is 0 Å². The lowest BCUT2D eigenvalue weighted by molar-refractivity contribution is -0.137. The number of aliphatic hydroxyl groups excluding tert-OH is 1. The summed E-state index contributed by atoms with van der Waals surface area (Å²) in [6, 6.07) is 15.5. The van der Waals surface area contributed by atoms with E-state index in [0.717, 1.165) is 18.4 Å². The van der Waals surface area contributed by atoms with Crippen LogP contribution < -0.4 is 0 Å². The van der Waals surface area contributed by atoms with E-state index in [2.05, 4.69) is 37.3 Å². The molecule has 2 aromatic carbocycles. The van der Waals surface area contributed by atoms with E-state index >= 15 is 0 Å². The molecule has 3 N–H and O–H groups in total. The molecule has 0 aliphatic rings. The number of carboxylic acid groups (broad SMARTS) is 2. The van der Waals surface area contributed by atoms with Crippen molar-refractivity contribution in [1.82, 2.24) is 0 Å². The first-order valence-corrected chi connectivity index (χ1v) is 14.0. The molecule has 0 bridgehead atoms. The van der Waals surface area contributed by atoms with Gasteiger partial charge in [-0.05, 0) is 60.9 Å². The summed E-state index contributed by atoms with van der Waals surface area (Å²) in [5, 5.41) is 28.7. The Hall–Kier alpha value is -2.57. The van der Waals surface area contributed by atoms with Crippen LogP contribution in [0, 0.1) is 0 Å². The van der Waals surface area contributed by atoms with Crippen molar-refractivity contribution in [2.75, 3.05) is 0 Å². The molecule has 2 atom stereocenters. The number of unbranched alkanes of at least 4 members (excludes halogenated alkanes) is 4. The van der Waals surface area contributed by atoms with Crippen LogP contribution in [-0.2, 0) is 23.4 Å². The molecule has 2 aromatic rings. The van der Waals surface area contributed by atoms with Crippen molar-refractivity contribution in [3.05, 3.63) is 82.9 Å². The Morgan fingerprint density at radius 2 is 1.64 bits per heavy atom. The monoisotopic (exact) mass is 512 g/mol. The zero-order valence-corrected chi connectivity index (χ0v) is 22.1. The highest BCUT2D eigenvalue weighted by atomic mass is 32.2. The maximum absolute atomic E-state index is 11.3. The summed E-state index contributed by atoms with van der Waals surface area (Å²) >= 11 is 1.54. The predicted octanol–water partition coefficient (Wildman–Crippen LogP) is 6.91. The molecule has 196 valence electrons. The topological polar surface area (TPSA) is 94.8 Å². The molecule has 2 rings (SSSR count). The Kier molecular flexibility index (Phi) is 14.0. The van der Waals surface area contributed by atoms with Gasteiger partial charge in [-0.1, -0.05) is 81.2 Å². The number of aliphatic carboxylic acids is 1. The number of benzene rings is 2. The van der Waals surface area contributed by atoms with Crippen molar-refractivity contribution in [2.24, 2.45) is 0 Å². The number of carbonyl (C=O) groups is 2. The lowest BCUT2D eigenvalue weighted by Gasteiger charge is -2.19. The van der Waals surface area contributed by atoms with Gasteiger partial charge in [-0.2, -0.15) is 0 Å². The van der Waals surface area contributed by atoms with Crippen molar-refractivity contribution in [3.8, 4) is 0 Å². The Morgan fingerprint density at radius 3 is 2.33 bits per heavy atom. The molecule has 0 spiro atoms. The highest BCUT2D eigenvalue weighted by molar-refractivity contribution is 7.99. The number of thioether (sulfide) groups is 1. The molecule has 0 fully saturated rings. The maximum atomic E-state index is 11.3. The van der Waals surface area contributed by atoms with Crippen molar-refractivity contribution in [1.29, 1.82) is 0 Å². The summed E-state index contributed by atoms with van der Waals surface area (Å²) in [4.78, 5) is 22.1. The lowest BCUT2D eigenvalue weighted by atomic mass is 10.0. The van der Waals surface area contributed by atoms with Gasteiger partial charge in [-0.3, -0.25) is 4.79 Å². The maximum Gasteiger partial charge on any atom is 0.335 e. The molecular weight excluding hydrogens is 472 g/mol. The van der Waals surface area contributed by atoms with Gasteiger partial charge in [0.2, 0.25) is 0 Å². The summed E-state index contributed by atoms with van der Waals surface area (Å²) in [7, 11) is 0. The minimum absolute atomic E-state index is 0.0315. The van der Waals surface area contributed by atoms with Crippen LogP contribution in [0.2, 0.25) is 0 Å². The molecule has 5 nitrogen and oxygen atoms in total. The van der Waals surface area contributed by atoms with Crippen molar-refractivity contribution in [3.63, 3.8) is 0 Å². The highest BCUT2D eigenvalue weighted by Crippen LogP contribution is 2.25. The zero-order valence-electron chi connectivity index (χ0n) is 21.3. The molecule has 0 aliphatic carbocycles. The standard InChI is InChI=1S/C30H40O5S/c1-2-3-4-5-6-10-23-17-19-24(20-18-23)11-8-15-28(27(31)14-9-16-29(32)33)36-22-25-12-7-13-26(21-25)30(34)35/h7-8,12-13,15,17-21,27-28,31H,2-6,9-11,14,16,22H2,1H3,(H,32,33)(H,34,35)/b15-8-/t27-,28+/m0/s1. The molecular formula is C30H40O5S. The van der Waals surface area contributed by atoms with Gasteiger partial charge in [-0.25, -0.2) is 4.79 Å². The van der Waals surface area contributed by atoms with Crippen LogP contribution >= 0.6 is 11.8 Å². The van der Waals surface area contributed by atoms with Crippen LogP contribution in [0.5, 0.6) is 0 Å². The Morgan fingerprint density at radius 1 is 0.917 bits per heavy atom. The Bertz CT molecular complexity index is 954. The van der Waals surface area contributed by atoms with Crippen molar-refractivity contribution < 1.29 is 24.9 Å². The van der Waals surface area contributed by atoms with Crippen LogP contribution in [0.3, 0.4) is 0 Å². The number of carboxylic acids is 2. The fraction of sp³-hybridized carbons (Fsp3) is 0.467. The van der Waals surface area contributed by atoms with E-state index in [0.29, 0.717) is 18.6 Å². The summed E-state index contributed by atoms with van der Waals surface area (Å²) in [6.07, 6.45) is 12.5. The molecule has 0 amide bonds. The van der Waals surface area contributed by atoms with E-state index in [1.165, 1.54) is 55.0 Å². The fourth-order valence-corrected chi connectivity index (χ4v) is 5.17. The van der Waals surface area contributed by atoms with Gasteiger partial charge in [0.15, 0.2) is 0 Å². The predicted molar refractivity (Wildman–Crippen MR) is 148 cm³/mol. The zero-order chi connectivity index (χ0) is 26.2. The van der Waals surface area contributed by atoms with Gasteiger partial charge in [0, 0.05) is 17.4 Å². The summed E-state index contributed by atoms with van der Waals surface area (Å²) in [5.41, 5.74) is 3.69. The summed E-state index contributed by atoms with van der Waals surface area (Å²) < 4.78 is 0. The third kappa shape index (κ3) is 11.9. The van der Waals surface area contributed by atoms with E-state index in [1.807, 2.05) is 12.1 Å². The van der Waals surface area contributed by atoms with E-state index in [-0.39, 0.29) is 17.2 Å². The first-order valence-electron chi connectivity index (χ1n) is 13.0. The van der Waals surface area contributed by atoms with Gasteiger partial charge in [0.25, 0.3) is 0 Å². The first-order chi connectivity index (χ1) is 17.4. The molecule has 0 unspecified atom stereocenters. The van der Waals surface area contributed by atoms with Crippen LogP contribution in [0.1, 0.15) is 85.3 Å². The third-order valence-corrected chi connectivity index (χ3v) is 7.51. The van der Waals surface area contributed by atoms with Crippen LogP contribution in [-0.4, -0.2) is 38.6 Å². The molecule has 36 heavy (non-hydrogen) atoms. The number of aryl methyl sites for hydroxylation is 1. The van der Waals surface area contributed by atoms with E-state index < -0.39 is 18.0 Å². The normalized spacial score (nSPS) is 13.1. The number of allylic oxidation sites excluding steroid dienone is 1. The molecule has 0 aliphatic heterocycles. The number of aliphatic hydroxyl groups is 1. The summed E-state index contributed by atoms with van der Waals surface area (Å²) in [6.45, 7) is 2.23. The average molecular weight is 513 g/mol.